The van der Waals surface area contributed by atoms with Crippen molar-refractivity contribution in [2.45, 2.75) is 18.2 Å². The summed E-state index contributed by atoms with van der Waals surface area (Å²) in [5.74, 6) is -0.160. The Labute approximate surface area is 170 Å². The quantitative estimate of drug-likeness (QED) is 0.369. The van der Waals surface area contributed by atoms with Crippen molar-refractivity contribution >= 4 is 22.2 Å². The fourth-order valence-electron chi connectivity index (χ4n) is 2.53. The zero-order chi connectivity index (χ0) is 20.7. The molecule has 3 aromatic carbocycles. The third-order valence-corrected chi connectivity index (χ3v) is 5.28. The third-order valence-electron chi connectivity index (χ3n) is 4.03. The summed E-state index contributed by atoms with van der Waals surface area (Å²) >= 11 is 0. The summed E-state index contributed by atoms with van der Waals surface area (Å²) in [7, 11) is -3.98. The van der Waals surface area contributed by atoms with Crippen molar-refractivity contribution in [2.75, 3.05) is 0 Å². The summed E-state index contributed by atoms with van der Waals surface area (Å²) in [5.41, 5.74) is 4.67. The molecule has 0 saturated carbocycles. The van der Waals surface area contributed by atoms with Crippen LogP contribution in [0.25, 0.3) is 0 Å². The highest BCUT2D eigenvalue weighted by Gasteiger charge is 2.17. The van der Waals surface area contributed by atoms with Gasteiger partial charge in [-0.25, -0.2) is 5.43 Å². The van der Waals surface area contributed by atoms with E-state index in [0.29, 0.717) is 5.56 Å². The molecule has 29 heavy (non-hydrogen) atoms. The van der Waals surface area contributed by atoms with Crippen molar-refractivity contribution < 1.29 is 17.4 Å². The minimum atomic E-state index is -3.98. The Kier molecular flexibility index (Phi) is 6.41. The summed E-state index contributed by atoms with van der Waals surface area (Å²) in [6, 6.07) is 22.2. The number of rotatable bonds is 7. The lowest BCUT2D eigenvalue weighted by Gasteiger charge is -2.09. The Morgan fingerprint density at radius 1 is 0.966 bits per heavy atom. The van der Waals surface area contributed by atoms with E-state index >= 15 is 0 Å². The average Bonchev–Trinajstić information content (AvgIpc) is 2.70. The number of nitrogens with one attached hydrogen (secondary N) is 1. The number of aryl methyl sites for hydroxylation is 1. The molecular formula is C22H20N2O4S. The number of nitrogens with zero attached hydrogens (tertiary/aromatic N) is 1. The second-order valence-electron chi connectivity index (χ2n) is 6.34. The van der Waals surface area contributed by atoms with Crippen molar-refractivity contribution in [1.82, 2.24) is 5.43 Å². The molecule has 1 N–H and O–H groups in total. The lowest BCUT2D eigenvalue weighted by atomic mass is 10.1. The van der Waals surface area contributed by atoms with E-state index in [1.165, 1.54) is 24.4 Å². The predicted octanol–water partition coefficient (Wildman–Crippen LogP) is 3.46. The first-order chi connectivity index (χ1) is 13.9. The monoisotopic (exact) mass is 408 g/mol. The van der Waals surface area contributed by atoms with Crippen molar-refractivity contribution in [3.63, 3.8) is 0 Å². The van der Waals surface area contributed by atoms with Crippen LogP contribution in [0.1, 0.15) is 16.7 Å². The molecule has 0 aliphatic rings. The number of hydrogen-bond acceptors (Lipinski definition) is 5. The number of carbonyl (C=O) groups excluding carboxylic acids is 1. The second kappa shape index (κ2) is 9.16. The van der Waals surface area contributed by atoms with Crippen LogP contribution in [0.4, 0.5) is 0 Å². The van der Waals surface area contributed by atoms with Crippen molar-refractivity contribution in [3.05, 3.63) is 95.6 Å². The maximum absolute atomic E-state index is 12.5. The Balaban J connectivity index is 1.69. The molecule has 3 rings (SSSR count). The Bertz CT molecular complexity index is 1110. The van der Waals surface area contributed by atoms with Gasteiger partial charge in [0.15, 0.2) is 5.75 Å². The number of benzene rings is 3. The number of para-hydroxylation sites is 1. The third kappa shape index (κ3) is 5.76. The first-order valence-corrected chi connectivity index (χ1v) is 10.3. The zero-order valence-corrected chi connectivity index (χ0v) is 16.6. The maximum atomic E-state index is 12.5. The standard InChI is InChI=1S/C22H20N2O4S/c1-17-11-13-20(14-12-17)29(26,27)28-21-10-6-5-9-19(21)16-23-24-22(25)15-18-7-3-2-4-8-18/h2-14,16H,15H2,1H3,(H,24,25). The molecule has 0 fully saturated rings. The van der Waals surface area contributed by atoms with Crippen LogP contribution in [-0.4, -0.2) is 20.5 Å². The van der Waals surface area contributed by atoms with Crippen LogP contribution in [0.15, 0.2) is 88.9 Å². The average molecular weight is 408 g/mol. The minimum absolute atomic E-state index is 0.0611. The van der Waals surface area contributed by atoms with Crippen LogP contribution in [0.5, 0.6) is 5.75 Å². The van der Waals surface area contributed by atoms with Crippen LogP contribution in [0.2, 0.25) is 0 Å². The van der Waals surface area contributed by atoms with E-state index in [-0.39, 0.29) is 23.0 Å². The molecular weight excluding hydrogens is 388 g/mol. The van der Waals surface area contributed by atoms with Gasteiger partial charge in [0.1, 0.15) is 4.90 Å². The molecule has 6 nitrogen and oxygen atoms in total. The van der Waals surface area contributed by atoms with Gasteiger partial charge in [-0.15, -0.1) is 0 Å². The fourth-order valence-corrected chi connectivity index (χ4v) is 3.48. The van der Waals surface area contributed by atoms with E-state index in [4.69, 9.17) is 4.18 Å². The van der Waals surface area contributed by atoms with Gasteiger partial charge in [0.2, 0.25) is 5.91 Å². The van der Waals surface area contributed by atoms with E-state index in [2.05, 4.69) is 10.5 Å². The normalized spacial score (nSPS) is 11.3. The smallest absolute Gasteiger partial charge is 0.339 e. The number of carbonyl (C=O) groups is 1. The minimum Gasteiger partial charge on any atom is -0.378 e. The van der Waals surface area contributed by atoms with Crippen LogP contribution in [-0.2, 0) is 21.3 Å². The lowest BCUT2D eigenvalue weighted by Crippen LogP contribution is -2.19. The second-order valence-corrected chi connectivity index (χ2v) is 7.89. The highest BCUT2D eigenvalue weighted by atomic mass is 32.2. The maximum Gasteiger partial charge on any atom is 0.339 e. The van der Waals surface area contributed by atoms with Gasteiger partial charge in [-0.05, 0) is 36.8 Å². The summed E-state index contributed by atoms with van der Waals surface area (Å²) < 4.78 is 30.3. The van der Waals surface area contributed by atoms with Gasteiger partial charge in [-0.2, -0.15) is 13.5 Å². The molecule has 0 radical (unpaired) electrons. The molecule has 0 heterocycles. The van der Waals surface area contributed by atoms with E-state index in [1.54, 1.807) is 30.3 Å². The topological polar surface area (TPSA) is 84.8 Å². The zero-order valence-electron chi connectivity index (χ0n) is 15.8. The molecule has 0 saturated heterocycles. The van der Waals surface area contributed by atoms with Crippen molar-refractivity contribution in [2.24, 2.45) is 5.10 Å². The van der Waals surface area contributed by atoms with Crippen molar-refractivity contribution in [3.8, 4) is 5.75 Å². The van der Waals surface area contributed by atoms with Crippen LogP contribution in [0.3, 0.4) is 0 Å². The van der Waals surface area contributed by atoms with E-state index in [0.717, 1.165) is 11.1 Å². The molecule has 0 unspecified atom stereocenters. The Morgan fingerprint density at radius 3 is 2.34 bits per heavy atom. The molecule has 7 heteroatoms. The molecule has 0 spiro atoms. The molecule has 0 aliphatic carbocycles. The highest BCUT2D eigenvalue weighted by molar-refractivity contribution is 7.87. The molecule has 1 amide bonds. The summed E-state index contributed by atoms with van der Waals surface area (Å²) in [6.45, 7) is 1.87. The van der Waals surface area contributed by atoms with E-state index < -0.39 is 10.1 Å². The van der Waals surface area contributed by atoms with Gasteiger partial charge in [-0.1, -0.05) is 60.2 Å². The van der Waals surface area contributed by atoms with E-state index in [9.17, 15) is 13.2 Å². The molecule has 0 aliphatic heterocycles. The molecule has 3 aromatic rings. The Morgan fingerprint density at radius 2 is 1.62 bits per heavy atom. The lowest BCUT2D eigenvalue weighted by molar-refractivity contribution is -0.120. The van der Waals surface area contributed by atoms with Gasteiger partial charge in [0, 0.05) is 5.56 Å². The van der Waals surface area contributed by atoms with Crippen LogP contribution in [0, 0.1) is 6.92 Å². The number of hydrazone groups is 1. The number of amides is 1. The largest absolute Gasteiger partial charge is 0.378 e. The first kappa shape index (κ1) is 20.3. The molecule has 0 aromatic heterocycles. The van der Waals surface area contributed by atoms with Gasteiger partial charge < -0.3 is 4.18 Å². The number of hydrogen-bond donors (Lipinski definition) is 1. The van der Waals surface area contributed by atoms with Gasteiger partial charge in [0.25, 0.3) is 0 Å². The SMILES string of the molecule is Cc1ccc(S(=O)(=O)Oc2ccccc2C=NNC(=O)Cc2ccccc2)cc1. The summed E-state index contributed by atoms with van der Waals surface area (Å²) in [5, 5.41) is 3.91. The summed E-state index contributed by atoms with van der Waals surface area (Å²) in [6.07, 6.45) is 1.54. The van der Waals surface area contributed by atoms with Crippen LogP contribution >= 0.6 is 0 Å². The van der Waals surface area contributed by atoms with Crippen LogP contribution < -0.4 is 9.61 Å². The van der Waals surface area contributed by atoms with Gasteiger partial charge in [-0.3, -0.25) is 4.79 Å². The van der Waals surface area contributed by atoms with Crippen molar-refractivity contribution in [1.29, 1.82) is 0 Å². The molecule has 148 valence electrons. The molecule has 0 bridgehead atoms. The van der Waals surface area contributed by atoms with Gasteiger partial charge >= 0.3 is 10.1 Å². The summed E-state index contributed by atoms with van der Waals surface area (Å²) in [4.78, 5) is 12.0. The molecule has 0 atom stereocenters. The first-order valence-electron chi connectivity index (χ1n) is 8.90. The Hall–Kier alpha value is -3.45. The fraction of sp³-hybridized carbons (Fsp3) is 0.0909. The van der Waals surface area contributed by atoms with E-state index in [1.807, 2.05) is 37.3 Å². The predicted molar refractivity (Wildman–Crippen MR) is 111 cm³/mol. The highest BCUT2D eigenvalue weighted by Crippen LogP contribution is 2.22. The van der Waals surface area contributed by atoms with Gasteiger partial charge in [0.05, 0.1) is 12.6 Å².